The van der Waals surface area contributed by atoms with Gasteiger partial charge in [0.25, 0.3) is 0 Å². The lowest BCUT2D eigenvalue weighted by Gasteiger charge is -2.27. The number of methoxy groups -OCH3 is 1. The lowest BCUT2D eigenvalue weighted by atomic mass is 10.2. The molecule has 1 aromatic rings. The molecule has 0 aromatic heterocycles. The van der Waals surface area contributed by atoms with E-state index in [1.54, 1.807) is 7.11 Å². The number of hydrogen-bond acceptors (Lipinski definition) is 3. The summed E-state index contributed by atoms with van der Waals surface area (Å²) in [6, 6.07) is 6.22. The van der Waals surface area contributed by atoms with Crippen LogP contribution < -0.4 is 10.1 Å². The fourth-order valence-corrected chi connectivity index (χ4v) is 2.30. The van der Waals surface area contributed by atoms with E-state index in [4.69, 9.17) is 4.74 Å². The number of nitrogens with one attached hydrogen (secondary N) is 1. The van der Waals surface area contributed by atoms with Crippen molar-refractivity contribution in [3.05, 3.63) is 28.2 Å². The highest BCUT2D eigenvalue weighted by Gasteiger charge is 2.12. The zero-order valence-electron chi connectivity index (χ0n) is 9.91. The van der Waals surface area contributed by atoms with Crippen LogP contribution in [0.4, 0.5) is 0 Å². The third kappa shape index (κ3) is 4.14. The fraction of sp³-hybridized carbons (Fsp3) is 0.500. The predicted octanol–water partition coefficient (Wildman–Crippen LogP) is 2.28. The fourth-order valence-electron chi connectivity index (χ4n) is 1.96. The van der Waals surface area contributed by atoms with Gasteiger partial charge in [-0.15, -0.1) is 12.4 Å². The van der Waals surface area contributed by atoms with Gasteiger partial charge in [-0.3, -0.25) is 4.90 Å². The summed E-state index contributed by atoms with van der Waals surface area (Å²) >= 11 is 3.46. The van der Waals surface area contributed by atoms with Gasteiger partial charge in [0.2, 0.25) is 0 Å². The molecule has 0 unspecified atom stereocenters. The van der Waals surface area contributed by atoms with Crippen LogP contribution in [0.5, 0.6) is 5.75 Å². The van der Waals surface area contributed by atoms with Crippen LogP contribution in [0.3, 0.4) is 0 Å². The first-order valence-electron chi connectivity index (χ1n) is 5.55. The number of piperazine rings is 1. The van der Waals surface area contributed by atoms with E-state index in [0.717, 1.165) is 42.9 Å². The van der Waals surface area contributed by atoms with E-state index in [1.165, 1.54) is 5.56 Å². The zero-order valence-corrected chi connectivity index (χ0v) is 12.3. The zero-order chi connectivity index (χ0) is 11.4. The first-order valence-corrected chi connectivity index (χ1v) is 6.34. The second-order valence-corrected chi connectivity index (χ2v) is 4.90. The monoisotopic (exact) mass is 320 g/mol. The number of rotatable bonds is 3. The Hall–Kier alpha value is -0.290. The second kappa shape index (κ2) is 7.21. The summed E-state index contributed by atoms with van der Waals surface area (Å²) < 4.78 is 6.46. The summed E-state index contributed by atoms with van der Waals surface area (Å²) in [6.07, 6.45) is 0. The summed E-state index contributed by atoms with van der Waals surface area (Å²) in [5.74, 6) is 0.966. The van der Waals surface area contributed by atoms with Crippen LogP contribution in [0.15, 0.2) is 22.7 Å². The van der Waals surface area contributed by atoms with Gasteiger partial charge in [0.15, 0.2) is 0 Å². The molecule has 1 saturated heterocycles. The summed E-state index contributed by atoms with van der Waals surface area (Å²) in [6.45, 7) is 5.36. The minimum Gasteiger partial charge on any atom is -0.496 e. The first-order chi connectivity index (χ1) is 7.79. The normalized spacial score (nSPS) is 16.4. The molecule has 1 N–H and O–H groups in total. The van der Waals surface area contributed by atoms with Gasteiger partial charge in [-0.05, 0) is 12.1 Å². The molecule has 1 aliphatic heterocycles. The predicted molar refractivity (Wildman–Crippen MR) is 76.1 cm³/mol. The van der Waals surface area contributed by atoms with Gasteiger partial charge in [0.1, 0.15) is 5.75 Å². The van der Waals surface area contributed by atoms with E-state index in [1.807, 2.05) is 6.07 Å². The molecular formula is C12H18BrClN2O. The maximum absolute atomic E-state index is 5.40. The summed E-state index contributed by atoms with van der Waals surface area (Å²) in [5, 5.41) is 3.36. The summed E-state index contributed by atoms with van der Waals surface area (Å²) in [4.78, 5) is 2.45. The van der Waals surface area contributed by atoms with Crippen molar-refractivity contribution < 1.29 is 4.74 Å². The molecule has 1 heterocycles. The van der Waals surface area contributed by atoms with Crippen molar-refractivity contribution in [3.8, 4) is 5.75 Å². The smallest absolute Gasteiger partial charge is 0.124 e. The van der Waals surface area contributed by atoms with Crippen molar-refractivity contribution in [2.75, 3.05) is 33.3 Å². The van der Waals surface area contributed by atoms with Gasteiger partial charge in [-0.1, -0.05) is 22.0 Å². The Morgan fingerprint density at radius 3 is 2.71 bits per heavy atom. The molecule has 5 heteroatoms. The Morgan fingerprint density at radius 2 is 2.06 bits per heavy atom. The molecule has 0 aliphatic carbocycles. The molecule has 0 atom stereocenters. The quantitative estimate of drug-likeness (QED) is 0.924. The van der Waals surface area contributed by atoms with Crippen LogP contribution in [0, 0.1) is 0 Å². The van der Waals surface area contributed by atoms with E-state index in [0.29, 0.717) is 0 Å². The van der Waals surface area contributed by atoms with Crippen molar-refractivity contribution in [2.24, 2.45) is 0 Å². The van der Waals surface area contributed by atoms with Gasteiger partial charge in [-0.2, -0.15) is 0 Å². The highest BCUT2D eigenvalue weighted by atomic mass is 79.9. The Balaban J connectivity index is 0.00000144. The van der Waals surface area contributed by atoms with Crippen molar-refractivity contribution in [2.45, 2.75) is 6.54 Å². The molecule has 0 radical (unpaired) electrons. The van der Waals surface area contributed by atoms with E-state index in [-0.39, 0.29) is 12.4 Å². The molecule has 1 aromatic carbocycles. The van der Waals surface area contributed by atoms with E-state index in [9.17, 15) is 0 Å². The number of halogens is 2. The van der Waals surface area contributed by atoms with Crippen molar-refractivity contribution in [1.82, 2.24) is 10.2 Å². The molecule has 3 nitrogen and oxygen atoms in total. The Labute approximate surface area is 117 Å². The molecule has 17 heavy (non-hydrogen) atoms. The highest BCUT2D eigenvalue weighted by Crippen LogP contribution is 2.24. The minimum absolute atomic E-state index is 0. The molecule has 1 aliphatic rings. The second-order valence-electron chi connectivity index (χ2n) is 3.98. The number of benzene rings is 1. The first kappa shape index (κ1) is 14.8. The molecule has 1 fully saturated rings. The maximum atomic E-state index is 5.40. The summed E-state index contributed by atoms with van der Waals surface area (Å²) in [7, 11) is 1.73. The average molecular weight is 322 g/mol. The standard InChI is InChI=1S/C12H17BrN2O.ClH/c1-16-12-8-11(13)3-2-10(12)9-15-6-4-14-5-7-15;/h2-3,8,14H,4-7,9H2,1H3;1H. The molecule has 0 bridgehead atoms. The molecule has 0 spiro atoms. The molecule has 2 rings (SSSR count). The Kier molecular flexibility index (Phi) is 6.27. The van der Waals surface area contributed by atoms with Gasteiger partial charge in [-0.25, -0.2) is 0 Å². The van der Waals surface area contributed by atoms with Crippen LogP contribution in [0.2, 0.25) is 0 Å². The van der Waals surface area contributed by atoms with Crippen LogP contribution in [0.25, 0.3) is 0 Å². The van der Waals surface area contributed by atoms with Gasteiger partial charge < -0.3 is 10.1 Å². The van der Waals surface area contributed by atoms with E-state index >= 15 is 0 Å². The van der Waals surface area contributed by atoms with Gasteiger partial charge in [0.05, 0.1) is 7.11 Å². The molecule has 96 valence electrons. The van der Waals surface area contributed by atoms with Gasteiger partial charge >= 0.3 is 0 Å². The molecule has 0 amide bonds. The van der Waals surface area contributed by atoms with Crippen molar-refractivity contribution in [1.29, 1.82) is 0 Å². The highest BCUT2D eigenvalue weighted by molar-refractivity contribution is 9.10. The van der Waals surface area contributed by atoms with Crippen molar-refractivity contribution >= 4 is 28.3 Å². The van der Waals surface area contributed by atoms with E-state index < -0.39 is 0 Å². The topological polar surface area (TPSA) is 24.5 Å². The Morgan fingerprint density at radius 1 is 1.35 bits per heavy atom. The number of hydrogen-bond donors (Lipinski definition) is 1. The van der Waals surface area contributed by atoms with Crippen LogP contribution >= 0.6 is 28.3 Å². The van der Waals surface area contributed by atoms with Crippen LogP contribution in [0.1, 0.15) is 5.56 Å². The van der Waals surface area contributed by atoms with Crippen LogP contribution in [-0.4, -0.2) is 38.2 Å². The minimum atomic E-state index is 0. The largest absolute Gasteiger partial charge is 0.496 e. The third-order valence-electron chi connectivity index (χ3n) is 2.85. The molecular weight excluding hydrogens is 304 g/mol. The lowest BCUT2D eigenvalue weighted by Crippen LogP contribution is -2.42. The average Bonchev–Trinajstić information content (AvgIpc) is 2.33. The van der Waals surface area contributed by atoms with Crippen LogP contribution in [-0.2, 0) is 6.54 Å². The lowest BCUT2D eigenvalue weighted by molar-refractivity contribution is 0.230. The third-order valence-corrected chi connectivity index (χ3v) is 3.35. The molecule has 0 saturated carbocycles. The number of nitrogens with zero attached hydrogens (tertiary/aromatic N) is 1. The SMILES string of the molecule is COc1cc(Br)ccc1CN1CCNCC1.Cl. The van der Waals surface area contributed by atoms with E-state index in [2.05, 4.69) is 38.3 Å². The Bertz CT molecular complexity index is 356. The number of ether oxygens (including phenoxy) is 1. The van der Waals surface area contributed by atoms with Crippen molar-refractivity contribution in [3.63, 3.8) is 0 Å². The van der Waals surface area contributed by atoms with Gasteiger partial charge in [0, 0.05) is 42.8 Å². The maximum Gasteiger partial charge on any atom is 0.124 e. The summed E-state index contributed by atoms with van der Waals surface area (Å²) in [5.41, 5.74) is 1.26.